The predicted molar refractivity (Wildman–Crippen MR) is 84.2 cm³/mol. The Kier molecular flexibility index (Phi) is 3.73. The van der Waals surface area contributed by atoms with Crippen molar-refractivity contribution in [2.24, 2.45) is 0 Å². The van der Waals surface area contributed by atoms with Gasteiger partial charge in [0.05, 0.1) is 0 Å². The van der Waals surface area contributed by atoms with Crippen molar-refractivity contribution < 1.29 is 4.39 Å². The molecule has 0 atom stereocenters. The number of halogens is 1. The zero-order valence-corrected chi connectivity index (χ0v) is 11.9. The molecule has 0 amide bonds. The summed E-state index contributed by atoms with van der Waals surface area (Å²) >= 11 is 0. The molecule has 1 heterocycles. The van der Waals surface area contributed by atoms with Gasteiger partial charge in [0.15, 0.2) is 0 Å². The zero-order chi connectivity index (χ0) is 14.7. The lowest BCUT2D eigenvalue weighted by Crippen LogP contribution is -2.01. The molecule has 0 aliphatic rings. The van der Waals surface area contributed by atoms with Crippen LogP contribution in [0.4, 0.5) is 10.1 Å². The van der Waals surface area contributed by atoms with Crippen molar-refractivity contribution in [3.8, 4) is 5.69 Å². The molecular formula is C18H17FN2. The topological polar surface area (TPSA) is 17.0 Å². The van der Waals surface area contributed by atoms with Crippen LogP contribution in [0.2, 0.25) is 0 Å². The second kappa shape index (κ2) is 5.83. The fraction of sp³-hybridized carbons (Fsp3) is 0.111. The Morgan fingerprint density at radius 2 is 1.81 bits per heavy atom. The van der Waals surface area contributed by atoms with E-state index in [0.29, 0.717) is 12.1 Å². The van der Waals surface area contributed by atoms with E-state index in [-0.39, 0.29) is 5.82 Å². The van der Waals surface area contributed by atoms with E-state index in [1.54, 1.807) is 13.0 Å². The molecule has 1 N–H and O–H groups in total. The van der Waals surface area contributed by atoms with Crippen molar-refractivity contribution in [2.45, 2.75) is 13.5 Å². The first-order chi connectivity index (χ1) is 10.2. The minimum atomic E-state index is -0.157. The highest BCUT2D eigenvalue weighted by Crippen LogP contribution is 2.16. The van der Waals surface area contributed by atoms with Gasteiger partial charge in [-0.3, -0.25) is 0 Å². The van der Waals surface area contributed by atoms with Gasteiger partial charge in [0, 0.05) is 30.3 Å². The third-order valence-electron chi connectivity index (χ3n) is 3.48. The summed E-state index contributed by atoms with van der Waals surface area (Å²) in [6, 6.07) is 17.5. The van der Waals surface area contributed by atoms with Crippen LogP contribution in [0.25, 0.3) is 5.69 Å². The number of nitrogens with one attached hydrogen (secondary N) is 1. The van der Waals surface area contributed by atoms with E-state index in [1.165, 1.54) is 0 Å². The lowest BCUT2D eigenvalue weighted by Gasteiger charge is -2.10. The van der Waals surface area contributed by atoms with Crippen molar-refractivity contribution >= 4 is 5.69 Å². The average Bonchev–Trinajstić information content (AvgIpc) is 3.03. The monoisotopic (exact) mass is 280 g/mol. The molecule has 106 valence electrons. The third-order valence-corrected chi connectivity index (χ3v) is 3.48. The molecule has 2 aromatic carbocycles. The minimum absolute atomic E-state index is 0.157. The van der Waals surface area contributed by atoms with E-state index in [1.807, 2.05) is 48.8 Å². The number of anilines is 1. The molecule has 21 heavy (non-hydrogen) atoms. The zero-order valence-electron chi connectivity index (χ0n) is 11.9. The molecule has 0 spiro atoms. The number of aromatic nitrogens is 1. The van der Waals surface area contributed by atoms with E-state index < -0.39 is 0 Å². The molecule has 0 unspecified atom stereocenters. The number of rotatable bonds is 4. The second-order valence-corrected chi connectivity index (χ2v) is 5.08. The largest absolute Gasteiger partial charge is 0.381 e. The first kappa shape index (κ1) is 13.4. The van der Waals surface area contributed by atoms with Crippen molar-refractivity contribution in [1.82, 2.24) is 4.57 Å². The van der Waals surface area contributed by atoms with Crippen LogP contribution < -0.4 is 5.32 Å². The molecule has 0 saturated carbocycles. The molecule has 3 heteroatoms. The van der Waals surface area contributed by atoms with Gasteiger partial charge >= 0.3 is 0 Å². The van der Waals surface area contributed by atoms with Gasteiger partial charge in [0.1, 0.15) is 5.82 Å². The fourth-order valence-corrected chi connectivity index (χ4v) is 2.23. The van der Waals surface area contributed by atoms with E-state index >= 15 is 0 Å². The summed E-state index contributed by atoms with van der Waals surface area (Å²) in [6.45, 7) is 2.37. The molecule has 0 saturated heterocycles. The quantitative estimate of drug-likeness (QED) is 0.742. The SMILES string of the molecule is Cc1ccc(CNc2cccc(-n3cccc3)c2)cc1F. The second-order valence-electron chi connectivity index (χ2n) is 5.08. The molecule has 3 aromatic rings. The highest BCUT2D eigenvalue weighted by atomic mass is 19.1. The van der Waals surface area contributed by atoms with Gasteiger partial charge in [-0.1, -0.05) is 18.2 Å². The van der Waals surface area contributed by atoms with Crippen LogP contribution in [0.1, 0.15) is 11.1 Å². The number of nitrogens with zero attached hydrogens (tertiary/aromatic N) is 1. The summed E-state index contributed by atoms with van der Waals surface area (Å²) in [5.74, 6) is -0.157. The number of aryl methyl sites for hydroxylation is 1. The Labute approximate surface area is 123 Å². The van der Waals surface area contributed by atoms with E-state index in [4.69, 9.17) is 0 Å². The van der Waals surface area contributed by atoms with Crippen LogP contribution >= 0.6 is 0 Å². The molecule has 0 radical (unpaired) electrons. The van der Waals surface area contributed by atoms with Gasteiger partial charge in [0.25, 0.3) is 0 Å². The average molecular weight is 280 g/mol. The highest BCUT2D eigenvalue weighted by Gasteiger charge is 2.01. The van der Waals surface area contributed by atoms with Crippen LogP contribution in [0.5, 0.6) is 0 Å². The Balaban J connectivity index is 1.73. The van der Waals surface area contributed by atoms with Crippen molar-refractivity contribution in [3.05, 3.63) is 83.9 Å². The van der Waals surface area contributed by atoms with E-state index in [2.05, 4.69) is 22.0 Å². The standard InChI is InChI=1S/C18H17FN2/c1-14-7-8-15(11-18(14)19)13-20-16-5-4-6-17(12-16)21-9-2-3-10-21/h2-12,20H,13H2,1H3. The Morgan fingerprint density at radius 3 is 2.57 bits per heavy atom. The van der Waals surface area contributed by atoms with Crippen LogP contribution in [-0.4, -0.2) is 4.57 Å². The summed E-state index contributed by atoms with van der Waals surface area (Å²) in [5.41, 5.74) is 3.72. The summed E-state index contributed by atoms with van der Waals surface area (Å²) in [4.78, 5) is 0. The molecule has 0 fully saturated rings. The minimum Gasteiger partial charge on any atom is -0.381 e. The Hall–Kier alpha value is -2.55. The molecule has 0 aliphatic heterocycles. The van der Waals surface area contributed by atoms with Crippen LogP contribution in [-0.2, 0) is 6.54 Å². The first-order valence-electron chi connectivity index (χ1n) is 6.95. The van der Waals surface area contributed by atoms with E-state index in [0.717, 1.165) is 16.9 Å². The first-order valence-corrected chi connectivity index (χ1v) is 6.95. The maximum absolute atomic E-state index is 13.5. The number of benzene rings is 2. The fourth-order valence-electron chi connectivity index (χ4n) is 2.23. The lowest BCUT2D eigenvalue weighted by molar-refractivity contribution is 0.616. The molecule has 1 aromatic heterocycles. The summed E-state index contributed by atoms with van der Waals surface area (Å²) in [5, 5.41) is 3.33. The van der Waals surface area contributed by atoms with Gasteiger partial charge in [-0.05, 0) is 54.4 Å². The predicted octanol–water partition coefficient (Wildman–Crippen LogP) is 4.54. The molecule has 2 nitrogen and oxygen atoms in total. The normalized spacial score (nSPS) is 10.6. The van der Waals surface area contributed by atoms with E-state index in [9.17, 15) is 4.39 Å². The molecular weight excluding hydrogens is 263 g/mol. The summed E-state index contributed by atoms with van der Waals surface area (Å²) in [7, 11) is 0. The van der Waals surface area contributed by atoms with Gasteiger partial charge in [-0.2, -0.15) is 0 Å². The number of hydrogen-bond acceptors (Lipinski definition) is 1. The molecule has 3 rings (SSSR count). The summed E-state index contributed by atoms with van der Waals surface area (Å²) in [6.07, 6.45) is 4.02. The Bertz CT molecular complexity index is 733. The van der Waals surface area contributed by atoms with Crippen molar-refractivity contribution in [2.75, 3.05) is 5.32 Å². The number of hydrogen-bond donors (Lipinski definition) is 1. The maximum atomic E-state index is 13.5. The van der Waals surface area contributed by atoms with Gasteiger partial charge < -0.3 is 9.88 Å². The summed E-state index contributed by atoms with van der Waals surface area (Å²) < 4.78 is 15.6. The Morgan fingerprint density at radius 1 is 1.00 bits per heavy atom. The maximum Gasteiger partial charge on any atom is 0.126 e. The van der Waals surface area contributed by atoms with Gasteiger partial charge in [-0.15, -0.1) is 0 Å². The smallest absolute Gasteiger partial charge is 0.126 e. The highest BCUT2D eigenvalue weighted by molar-refractivity contribution is 5.51. The van der Waals surface area contributed by atoms with Gasteiger partial charge in [-0.25, -0.2) is 4.39 Å². The molecule has 0 bridgehead atoms. The van der Waals surface area contributed by atoms with Crippen LogP contribution in [0.15, 0.2) is 67.0 Å². The van der Waals surface area contributed by atoms with Crippen molar-refractivity contribution in [1.29, 1.82) is 0 Å². The third kappa shape index (κ3) is 3.14. The van der Waals surface area contributed by atoms with Crippen LogP contribution in [0, 0.1) is 12.7 Å². The van der Waals surface area contributed by atoms with Gasteiger partial charge in [0.2, 0.25) is 0 Å². The molecule has 0 aliphatic carbocycles. The van der Waals surface area contributed by atoms with Crippen molar-refractivity contribution in [3.63, 3.8) is 0 Å². The lowest BCUT2D eigenvalue weighted by atomic mass is 10.1. The van der Waals surface area contributed by atoms with Crippen LogP contribution in [0.3, 0.4) is 0 Å².